The summed E-state index contributed by atoms with van der Waals surface area (Å²) >= 11 is 0. The lowest BCUT2D eigenvalue weighted by Crippen LogP contribution is -2.57. The summed E-state index contributed by atoms with van der Waals surface area (Å²) in [7, 11) is 0. The maximum absolute atomic E-state index is 12.0. The van der Waals surface area contributed by atoms with Crippen LogP contribution in [0.15, 0.2) is 40.6 Å². The van der Waals surface area contributed by atoms with Crippen LogP contribution in [0.4, 0.5) is 4.79 Å². The van der Waals surface area contributed by atoms with Crippen LogP contribution >= 0.6 is 0 Å². The third-order valence-electron chi connectivity index (χ3n) is 5.65. The Bertz CT molecular complexity index is 877. The van der Waals surface area contributed by atoms with Gasteiger partial charge in [-0.05, 0) is 42.3 Å². The van der Waals surface area contributed by atoms with E-state index in [1.807, 2.05) is 30.3 Å². The van der Waals surface area contributed by atoms with Crippen LogP contribution in [0.1, 0.15) is 31.2 Å². The van der Waals surface area contributed by atoms with Crippen molar-refractivity contribution in [2.45, 2.75) is 75.1 Å². The number of amides is 1. The topological polar surface area (TPSA) is 195 Å². The van der Waals surface area contributed by atoms with E-state index >= 15 is 0 Å². The Morgan fingerprint density at radius 2 is 1.85 bits per heavy atom. The number of aliphatic hydroxyl groups excluding tert-OH is 2. The van der Waals surface area contributed by atoms with Gasteiger partial charge in [0.05, 0.1) is 30.4 Å². The van der Waals surface area contributed by atoms with E-state index in [0.717, 1.165) is 12.0 Å². The molecule has 2 aliphatic rings. The van der Waals surface area contributed by atoms with Crippen molar-refractivity contribution in [2.75, 3.05) is 6.54 Å². The van der Waals surface area contributed by atoms with Crippen molar-refractivity contribution >= 4 is 6.09 Å². The van der Waals surface area contributed by atoms with Crippen LogP contribution < -0.4 is 5.32 Å². The number of azide groups is 2. The van der Waals surface area contributed by atoms with E-state index in [1.165, 1.54) is 0 Å². The summed E-state index contributed by atoms with van der Waals surface area (Å²) in [4.78, 5) is 17.4. The molecule has 1 heterocycles. The number of alkyl carbamates (subject to hydrolysis) is 1. The summed E-state index contributed by atoms with van der Waals surface area (Å²) < 4.78 is 16.9. The number of carbonyl (C=O) groups excluding carboxylic acids is 1. The van der Waals surface area contributed by atoms with Gasteiger partial charge in [-0.1, -0.05) is 40.6 Å². The van der Waals surface area contributed by atoms with Crippen LogP contribution in [0.3, 0.4) is 0 Å². The molecule has 13 heteroatoms. The van der Waals surface area contributed by atoms with Crippen molar-refractivity contribution in [2.24, 2.45) is 10.2 Å². The summed E-state index contributed by atoms with van der Waals surface area (Å²) in [6.07, 6.45) is -3.48. The molecule has 1 amide bonds. The molecule has 0 radical (unpaired) electrons. The fraction of sp³-hybridized carbons (Fsp3) is 0.650. The number of aliphatic hydroxyl groups is 2. The average Bonchev–Trinajstić information content (AvgIpc) is 2.83. The standard InChI is InChI=1S/C20H27N7O6/c21-26-24-14-9-15(25-27-22)19(18(29)17(14)28)33-16-8-4-7-13(32-16)10-23-20(30)31-11-12-5-2-1-3-6-12/h1-3,5-6,13-19,28-29H,4,7-11H2,(H,23,30). The molecular weight excluding hydrogens is 434 g/mol. The Morgan fingerprint density at radius 3 is 2.58 bits per heavy atom. The highest BCUT2D eigenvalue weighted by Crippen LogP contribution is 2.31. The van der Waals surface area contributed by atoms with Crippen LogP contribution in [0.25, 0.3) is 20.9 Å². The van der Waals surface area contributed by atoms with E-state index in [1.54, 1.807) is 0 Å². The van der Waals surface area contributed by atoms with Crippen LogP contribution in [-0.4, -0.2) is 65.6 Å². The number of benzene rings is 1. The van der Waals surface area contributed by atoms with Gasteiger partial charge < -0.3 is 29.7 Å². The second-order valence-corrected chi connectivity index (χ2v) is 7.92. The molecule has 0 bridgehead atoms. The van der Waals surface area contributed by atoms with E-state index in [0.29, 0.717) is 12.8 Å². The van der Waals surface area contributed by atoms with Crippen LogP contribution in [-0.2, 0) is 20.8 Å². The largest absolute Gasteiger partial charge is 0.445 e. The third kappa shape index (κ3) is 6.96. The molecule has 1 aliphatic heterocycles. The summed E-state index contributed by atoms with van der Waals surface area (Å²) in [6.45, 7) is 0.367. The molecule has 2 fully saturated rings. The molecule has 0 aromatic heterocycles. The fourth-order valence-corrected chi connectivity index (χ4v) is 3.96. The normalized spacial score (nSPS) is 31.5. The molecule has 3 rings (SSSR count). The zero-order chi connectivity index (χ0) is 23.6. The smallest absolute Gasteiger partial charge is 0.407 e. The van der Waals surface area contributed by atoms with Gasteiger partial charge in [-0.25, -0.2) is 4.79 Å². The van der Waals surface area contributed by atoms with E-state index in [9.17, 15) is 15.0 Å². The number of ether oxygens (including phenoxy) is 3. The van der Waals surface area contributed by atoms with Gasteiger partial charge in [0.2, 0.25) is 0 Å². The minimum absolute atomic E-state index is 0.0297. The maximum Gasteiger partial charge on any atom is 0.407 e. The van der Waals surface area contributed by atoms with E-state index in [-0.39, 0.29) is 25.7 Å². The first-order chi connectivity index (χ1) is 16.0. The number of hydrogen-bond acceptors (Lipinski definition) is 8. The van der Waals surface area contributed by atoms with Gasteiger partial charge in [0, 0.05) is 16.4 Å². The quantitative estimate of drug-likeness (QED) is 0.302. The second kappa shape index (κ2) is 12.3. The number of nitrogens with zero attached hydrogens (tertiary/aromatic N) is 6. The van der Waals surface area contributed by atoms with Gasteiger partial charge in [0.25, 0.3) is 0 Å². The van der Waals surface area contributed by atoms with Gasteiger partial charge in [0.15, 0.2) is 6.29 Å². The molecule has 178 valence electrons. The first-order valence-corrected chi connectivity index (χ1v) is 10.7. The summed E-state index contributed by atoms with van der Waals surface area (Å²) in [5, 5.41) is 30.5. The first kappa shape index (κ1) is 24.6. The highest BCUT2D eigenvalue weighted by atomic mass is 16.7. The monoisotopic (exact) mass is 461 g/mol. The summed E-state index contributed by atoms with van der Waals surface area (Å²) in [5.74, 6) is 0. The highest BCUT2D eigenvalue weighted by Gasteiger charge is 2.45. The van der Waals surface area contributed by atoms with Gasteiger partial charge >= 0.3 is 6.09 Å². The van der Waals surface area contributed by atoms with Gasteiger partial charge in [-0.3, -0.25) is 0 Å². The second-order valence-electron chi connectivity index (χ2n) is 7.92. The number of hydrogen-bond donors (Lipinski definition) is 3. The molecule has 13 nitrogen and oxygen atoms in total. The molecule has 33 heavy (non-hydrogen) atoms. The third-order valence-corrected chi connectivity index (χ3v) is 5.65. The van der Waals surface area contributed by atoms with Gasteiger partial charge in [-0.15, -0.1) is 0 Å². The fourth-order valence-electron chi connectivity index (χ4n) is 3.96. The molecule has 0 spiro atoms. The molecule has 1 saturated carbocycles. The minimum atomic E-state index is -1.43. The van der Waals surface area contributed by atoms with E-state index < -0.39 is 42.8 Å². The summed E-state index contributed by atoms with van der Waals surface area (Å²) in [6, 6.07) is 7.52. The molecule has 1 aromatic rings. The molecule has 1 aromatic carbocycles. The van der Waals surface area contributed by atoms with Crippen LogP contribution in [0, 0.1) is 0 Å². The average molecular weight is 461 g/mol. The van der Waals surface area contributed by atoms with Gasteiger partial charge in [-0.2, -0.15) is 0 Å². The highest BCUT2D eigenvalue weighted by molar-refractivity contribution is 5.67. The van der Waals surface area contributed by atoms with Crippen molar-refractivity contribution in [3.8, 4) is 0 Å². The number of rotatable bonds is 8. The van der Waals surface area contributed by atoms with Crippen molar-refractivity contribution in [3.05, 3.63) is 56.8 Å². The van der Waals surface area contributed by atoms with Crippen LogP contribution in [0.5, 0.6) is 0 Å². The van der Waals surface area contributed by atoms with E-state index in [4.69, 9.17) is 25.3 Å². The zero-order valence-electron chi connectivity index (χ0n) is 17.9. The maximum atomic E-state index is 12.0. The van der Waals surface area contributed by atoms with Crippen LogP contribution in [0.2, 0.25) is 0 Å². The van der Waals surface area contributed by atoms with E-state index in [2.05, 4.69) is 25.4 Å². The Morgan fingerprint density at radius 1 is 1.12 bits per heavy atom. The van der Waals surface area contributed by atoms with Gasteiger partial charge in [0.1, 0.15) is 12.7 Å². The Labute approximate surface area is 189 Å². The predicted molar refractivity (Wildman–Crippen MR) is 115 cm³/mol. The number of nitrogens with one attached hydrogen (secondary N) is 1. The predicted octanol–water partition coefficient (Wildman–Crippen LogP) is 2.68. The Hall–Kier alpha value is -3.05. The zero-order valence-corrected chi connectivity index (χ0v) is 17.9. The van der Waals surface area contributed by atoms with Crippen molar-refractivity contribution in [1.29, 1.82) is 0 Å². The SMILES string of the molecule is [N-]=[N+]=NC1CC(N=[N+]=[N-])C(OC2CCCC(CNC(=O)OCc3ccccc3)O2)C(O)C1O. The molecular formula is C20H27N7O6. The molecule has 7 atom stereocenters. The van der Waals surface area contributed by atoms with Crippen molar-refractivity contribution < 1.29 is 29.2 Å². The van der Waals surface area contributed by atoms with Crippen molar-refractivity contribution in [3.63, 3.8) is 0 Å². The minimum Gasteiger partial charge on any atom is -0.445 e. The molecule has 1 aliphatic carbocycles. The lowest BCUT2D eigenvalue weighted by molar-refractivity contribution is -0.246. The molecule has 1 saturated heterocycles. The molecule has 3 N–H and O–H groups in total. The first-order valence-electron chi connectivity index (χ1n) is 10.7. The Kier molecular flexibility index (Phi) is 9.14. The lowest BCUT2D eigenvalue weighted by atomic mass is 9.84. The lowest BCUT2D eigenvalue weighted by Gasteiger charge is -2.42. The summed E-state index contributed by atoms with van der Waals surface area (Å²) in [5.41, 5.74) is 18.4. The Balaban J connectivity index is 1.50. The number of carbonyl (C=O) groups is 1. The van der Waals surface area contributed by atoms with Crippen molar-refractivity contribution in [1.82, 2.24) is 5.32 Å². The molecule has 7 unspecified atom stereocenters.